The number of fused-ring (bicyclic) bond motifs is 1. The van der Waals surface area contributed by atoms with Gasteiger partial charge in [-0.05, 0) is 57.0 Å². The molecule has 2 heterocycles. The molecule has 0 aliphatic carbocycles. The van der Waals surface area contributed by atoms with E-state index >= 15 is 0 Å². The molecule has 1 unspecified atom stereocenters. The number of carbonyl (C=O) groups is 1. The number of hydrogen-bond acceptors (Lipinski definition) is 3. The van der Waals surface area contributed by atoms with E-state index in [-0.39, 0.29) is 11.7 Å². The van der Waals surface area contributed by atoms with Crippen molar-refractivity contribution in [2.75, 3.05) is 13.1 Å². The molecule has 4 heteroatoms. The van der Waals surface area contributed by atoms with Gasteiger partial charge in [-0.25, -0.2) is 4.98 Å². The van der Waals surface area contributed by atoms with Crippen molar-refractivity contribution in [2.24, 2.45) is 5.92 Å². The number of Topliss-reactive ketones (excluding diaryl/α,β-unsaturated/α-hetero) is 1. The third kappa shape index (κ3) is 3.29. The lowest BCUT2D eigenvalue weighted by atomic mass is 9.91. The van der Waals surface area contributed by atoms with Gasteiger partial charge in [0, 0.05) is 24.6 Å². The second kappa shape index (κ2) is 7.04. The van der Waals surface area contributed by atoms with Crippen LogP contribution in [0.15, 0.2) is 42.5 Å². The summed E-state index contributed by atoms with van der Waals surface area (Å²) in [6.07, 6.45) is 2.05. The third-order valence-corrected chi connectivity index (χ3v) is 5.31. The van der Waals surface area contributed by atoms with Gasteiger partial charge in [-0.15, -0.1) is 0 Å². The molecule has 1 aliphatic heterocycles. The molecule has 26 heavy (non-hydrogen) atoms. The first-order valence-corrected chi connectivity index (χ1v) is 9.39. The first-order chi connectivity index (χ1) is 12.6. The molecular weight excluding hydrogens is 322 g/mol. The van der Waals surface area contributed by atoms with Gasteiger partial charge in [0.1, 0.15) is 5.82 Å². The average molecular weight is 347 g/mol. The van der Waals surface area contributed by atoms with E-state index < -0.39 is 0 Å². The highest BCUT2D eigenvalue weighted by Crippen LogP contribution is 2.23. The van der Waals surface area contributed by atoms with E-state index in [1.165, 1.54) is 11.1 Å². The molecule has 0 saturated carbocycles. The van der Waals surface area contributed by atoms with Crippen LogP contribution in [0.1, 0.15) is 40.2 Å². The molecule has 1 atom stereocenters. The Labute approximate surface area is 154 Å². The van der Waals surface area contributed by atoms with Crippen LogP contribution in [0.4, 0.5) is 0 Å². The van der Waals surface area contributed by atoms with Gasteiger partial charge in [-0.3, -0.25) is 4.79 Å². The molecule has 2 aromatic carbocycles. The van der Waals surface area contributed by atoms with Crippen molar-refractivity contribution in [1.82, 2.24) is 14.9 Å². The number of nitrogens with one attached hydrogen (secondary N) is 1. The highest BCUT2D eigenvalue weighted by atomic mass is 16.1. The highest BCUT2D eigenvalue weighted by molar-refractivity contribution is 6.00. The number of ketones is 1. The summed E-state index contributed by atoms with van der Waals surface area (Å²) in [5.74, 6) is 1.31. The number of aromatic nitrogens is 2. The Morgan fingerprint density at radius 2 is 2.12 bits per heavy atom. The molecule has 1 fully saturated rings. The zero-order chi connectivity index (χ0) is 18.1. The SMILES string of the molecule is Cc1cccc(Cn2c(C)nc3cc(C(=O)C4CCCNC4)ccc32)c1. The second-order valence-electron chi connectivity index (χ2n) is 7.35. The normalized spacial score (nSPS) is 17.5. The zero-order valence-electron chi connectivity index (χ0n) is 15.5. The second-order valence-corrected chi connectivity index (χ2v) is 7.35. The van der Waals surface area contributed by atoms with Crippen molar-refractivity contribution in [3.05, 3.63) is 65.0 Å². The molecule has 1 aliphatic rings. The number of benzene rings is 2. The molecule has 1 saturated heterocycles. The number of piperidine rings is 1. The van der Waals surface area contributed by atoms with Crippen LogP contribution in [0.5, 0.6) is 0 Å². The zero-order valence-corrected chi connectivity index (χ0v) is 15.5. The van der Waals surface area contributed by atoms with E-state index in [2.05, 4.69) is 47.1 Å². The molecule has 3 aromatic rings. The third-order valence-electron chi connectivity index (χ3n) is 5.31. The van der Waals surface area contributed by atoms with Gasteiger partial charge in [-0.1, -0.05) is 29.8 Å². The summed E-state index contributed by atoms with van der Waals surface area (Å²) in [5, 5.41) is 3.33. The fraction of sp³-hybridized carbons (Fsp3) is 0.364. The van der Waals surface area contributed by atoms with E-state index in [0.29, 0.717) is 0 Å². The van der Waals surface area contributed by atoms with Crippen LogP contribution in [0, 0.1) is 19.8 Å². The lowest BCUT2D eigenvalue weighted by molar-refractivity contribution is 0.0900. The molecule has 1 aromatic heterocycles. The van der Waals surface area contributed by atoms with Crippen LogP contribution in [0.3, 0.4) is 0 Å². The van der Waals surface area contributed by atoms with Gasteiger partial charge in [0.2, 0.25) is 0 Å². The van der Waals surface area contributed by atoms with Crippen molar-refractivity contribution < 1.29 is 4.79 Å². The summed E-state index contributed by atoms with van der Waals surface area (Å²) in [6.45, 7) is 6.75. The molecule has 0 radical (unpaired) electrons. The quantitative estimate of drug-likeness (QED) is 0.729. The number of imidazole rings is 1. The summed E-state index contributed by atoms with van der Waals surface area (Å²) in [7, 11) is 0. The largest absolute Gasteiger partial charge is 0.324 e. The lowest BCUT2D eigenvalue weighted by Crippen LogP contribution is -2.34. The number of carbonyl (C=O) groups excluding carboxylic acids is 1. The first-order valence-electron chi connectivity index (χ1n) is 9.39. The van der Waals surface area contributed by atoms with Crippen molar-refractivity contribution in [2.45, 2.75) is 33.2 Å². The minimum atomic E-state index is 0.0941. The summed E-state index contributed by atoms with van der Waals surface area (Å²) >= 11 is 0. The number of hydrogen-bond donors (Lipinski definition) is 1. The maximum absolute atomic E-state index is 12.8. The van der Waals surface area contributed by atoms with Crippen LogP contribution in [0.25, 0.3) is 11.0 Å². The van der Waals surface area contributed by atoms with Crippen molar-refractivity contribution in [1.29, 1.82) is 0 Å². The van der Waals surface area contributed by atoms with E-state index in [1.807, 2.05) is 19.1 Å². The van der Waals surface area contributed by atoms with E-state index in [1.54, 1.807) is 0 Å². The number of nitrogens with zero attached hydrogens (tertiary/aromatic N) is 2. The smallest absolute Gasteiger partial charge is 0.167 e. The van der Waals surface area contributed by atoms with Crippen LogP contribution in [0.2, 0.25) is 0 Å². The van der Waals surface area contributed by atoms with Gasteiger partial charge < -0.3 is 9.88 Å². The fourth-order valence-electron chi connectivity index (χ4n) is 3.91. The minimum Gasteiger partial charge on any atom is -0.324 e. The topological polar surface area (TPSA) is 46.9 Å². The standard InChI is InChI=1S/C22H25N3O/c1-15-5-3-6-17(11-15)14-25-16(2)24-20-12-18(8-9-21(20)25)22(26)19-7-4-10-23-13-19/h3,5-6,8-9,11-12,19,23H,4,7,10,13-14H2,1-2H3. The van der Waals surface area contributed by atoms with Crippen LogP contribution in [-0.2, 0) is 6.54 Å². The predicted molar refractivity (Wildman–Crippen MR) is 105 cm³/mol. The molecule has 4 nitrogen and oxygen atoms in total. The molecule has 0 amide bonds. The van der Waals surface area contributed by atoms with Gasteiger partial charge in [0.05, 0.1) is 11.0 Å². The Morgan fingerprint density at radius 3 is 2.88 bits per heavy atom. The maximum Gasteiger partial charge on any atom is 0.167 e. The van der Waals surface area contributed by atoms with E-state index in [0.717, 1.165) is 54.9 Å². The summed E-state index contributed by atoms with van der Waals surface area (Å²) in [5.41, 5.74) is 5.30. The predicted octanol–water partition coefficient (Wildman–Crippen LogP) is 3.88. The van der Waals surface area contributed by atoms with E-state index in [9.17, 15) is 4.79 Å². The minimum absolute atomic E-state index is 0.0941. The van der Waals surface area contributed by atoms with E-state index in [4.69, 9.17) is 4.98 Å². The Morgan fingerprint density at radius 1 is 1.23 bits per heavy atom. The van der Waals surface area contributed by atoms with Gasteiger partial charge in [-0.2, -0.15) is 0 Å². The van der Waals surface area contributed by atoms with Gasteiger partial charge in [0.25, 0.3) is 0 Å². The van der Waals surface area contributed by atoms with Crippen molar-refractivity contribution in [3.63, 3.8) is 0 Å². The molecule has 1 N–H and O–H groups in total. The average Bonchev–Trinajstić information content (AvgIpc) is 2.96. The molecule has 4 rings (SSSR count). The lowest BCUT2D eigenvalue weighted by Gasteiger charge is -2.21. The number of aryl methyl sites for hydroxylation is 2. The van der Waals surface area contributed by atoms with Crippen molar-refractivity contribution in [3.8, 4) is 0 Å². The Kier molecular flexibility index (Phi) is 4.60. The highest BCUT2D eigenvalue weighted by Gasteiger charge is 2.23. The van der Waals surface area contributed by atoms with Crippen LogP contribution >= 0.6 is 0 Å². The summed E-state index contributed by atoms with van der Waals surface area (Å²) in [6, 6.07) is 14.5. The maximum atomic E-state index is 12.8. The fourth-order valence-corrected chi connectivity index (χ4v) is 3.91. The molecule has 0 spiro atoms. The summed E-state index contributed by atoms with van der Waals surface area (Å²) < 4.78 is 2.22. The van der Waals surface area contributed by atoms with Gasteiger partial charge in [0.15, 0.2) is 5.78 Å². The Bertz CT molecular complexity index is 951. The number of rotatable bonds is 4. The van der Waals surface area contributed by atoms with Gasteiger partial charge >= 0.3 is 0 Å². The summed E-state index contributed by atoms with van der Waals surface area (Å²) in [4.78, 5) is 17.5. The van der Waals surface area contributed by atoms with Crippen LogP contribution < -0.4 is 5.32 Å². The molecule has 0 bridgehead atoms. The monoisotopic (exact) mass is 347 g/mol. The molecule has 134 valence electrons. The Balaban J connectivity index is 1.64. The van der Waals surface area contributed by atoms with Crippen LogP contribution in [-0.4, -0.2) is 28.4 Å². The molecular formula is C22H25N3O. The first kappa shape index (κ1) is 17.0. The van der Waals surface area contributed by atoms with Crippen molar-refractivity contribution >= 4 is 16.8 Å². The Hall–Kier alpha value is -2.46.